The standard InChI is InChI=1S/C8H11NOS/c1-5-3-7(6(2)10)11-8(5)4-9/h3H,4,9H2,1-2H3. The topological polar surface area (TPSA) is 43.1 Å². The summed E-state index contributed by atoms with van der Waals surface area (Å²) in [6, 6.07) is 1.90. The average molecular weight is 169 g/mol. The van der Waals surface area contributed by atoms with E-state index in [2.05, 4.69) is 0 Å². The Bertz CT molecular complexity index is 278. The van der Waals surface area contributed by atoms with Gasteiger partial charge in [-0.25, -0.2) is 0 Å². The minimum atomic E-state index is 0.123. The highest BCUT2D eigenvalue weighted by atomic mass is 32.1. The highest BCUT2D eigenvalue weighted by Gasteiger charge is 2.06. The minimum Gasteiger partial charge on any atom is -0.326 e. The molecule has 0 aliphatic heterocycles. The fourth-order valence-electron chi connectivity index (χ4n) is 0.896. The Kier molecular flexibility index (Phi) is 2.42. The van der Waals surface area contributed by atoms with Crippen molar-refractivity contribution in [3.8, 4) is 0 Å². The molecule has 11 heavy (non-hydrogen) atoms. The van der Waals surface area contributed by atoms with Gasteiger partial charge in [0.1, 0.15) is 0 Å². The van der Waals surface area contributed by atoms with Crippen LogP contribution in [0.4, 0.5) is 0 Å². The first-order valence-corrected chi connectivity index (χ1v) is 4.27. The summed E-state index contributed by atoms with van der Waals surface area (Å²) in [4.78, 5) is 12.8. The van der Waals surface area contributed by atoms with Crippen molar-refractivity contribution >= 4 is 17.1 Å². The number of thiophene rings is 1. The summed E-state index contributed by atoms with van der Waals surface area (Å²) in [7, 11) is 0. The van der Waals surface area contributed by atoms with Crippen LogP contribution in [0.15, 0.2) is 6.07 Å². The normalized spacial score (nSPS) is 10.1. The quantitative estimate of drug-likeness (QED) is 0.685. The molecule has 0 spiro atoms. The molecule has 0 aliphatic rings. The number of carbonyl (C=O) groups excluding carboxylic acids is 1. The lowest BCUT2D eigenvalue weighted by molar-refractivity contribution is 0.102. The van der Waals surface area contributed by atoms with E-state index in [9.17, 15) is 4.79 Å². The van der Waals surface area contributed by atoms with Crippen LogP contribution in [0, 0.1) is 6.92 Å². The van der Waals surface area contributed by atoms with E-state index in [-0.39, 0.29) is 5.78 Å². The molecule has 2 nitrogen and oxygen atoms in total. The highest BCUT2D eigenvalue weighted by Crippen LogP contribution is 2.21. The Balaban J connectivity index is 3.05. The van der Waals surface area contributed by atoms with Crippen LogP contribution in [-0.2, 0) is 6.54 Å². The number of nitrogens with two attached hydrogens (primary N) is 1. The molecule has 60 valence electrons. The second-order valence-corrected chi connectivity index (χ2v) is 3.61. The van der Waals surface area contributed by atoms with Gasteiger partial charge in [-0.05, 0) is 25.5 Å². The summed E-state index contributed by atoms with van der Waals surface area (Å²) in [6.45, 7) is 4.08. The van der Waals surface area contributed by atoms with Crippen LogP contribution in [0.3, 0.4) is 0 Å². The third-order valence-corrected chi connectivity index (χ3v) is 2.91. The minimum absolute atomic E-state index is 0.123. The number of hydrogen-bond acceptors (Lipinski definition) is 3. The summed E-state index contributed by atoms with van der Waals surface area (Å²) in [5.41, 5.74) is 6.59. The second-order valence-electron chi connectivity index (χ2n) is 2.48. The van der Waals surface area contributed by atoms with Gasteiger partial charge in [-0.15, -0.1) is 11.3 Å². The molecular weight excluding hydrogens is 158 g/mol. The first-order valence-electron chi connectivity index (χ1n) is 3.45. The molecule has 0 atom stereocenters. The van der Waals surface area contributed by atoms with Crippen molar-refractivity contribution < 1.29 is 4.79 Å². The first-order chi connectivity index (χ1) is 5.15. The maximum Gasteiger partial charge on any atom is 0.169 e. The van der Waals surface area contributed by atoms with Gasteiger partial charge in [0.15, 0.2) is 5.78 Å². The Hall–Kier alpha value is -0.670. The van der Waals surface area contributed by atoms with E-state index in [1.54, 1.807) is 6.92 Å². The van der Waals surface area contributed by atoms with E-state index < -0.39 is 0 Å². The van der Waals surface area contributed by atoms with Crippen LogP contribution >= 0.6 is 11.3 Å². The van der Waals surface area contributed by atoms with Crippen molar-refractivity contribution in [2.24, 2.45) is 5.73 Å². The molecule has 0 radical (unpaired) electrons. The first kappa shape index (κ1) is 8.43. The number of aryl methyl sites for hydroxylation is 1. The zero-order chi connectivity index (χ0) is 8.43. The van der Waals surface area contributed by atoms with Gasteiger partial charge in [0.25, 0.3) is 0 Å². The SMILES string of the molecule is CC(=O)c1cc(C)c(CN)s1. The monoisotopic (exact) mass is 169 g/mol. The Morgan fingerprint density at radius 3 is 2.64 bits per heavy atom. The number of hydrogen-bond donors (Lipinski definition) is 1. The molecule has 0 aliphatic carbocycles. The molecule has 0 bridgehead atoms. The summed E-state index contributed by atoms with van der Waals surface area (Å²) in [5.74, 6) is 0.123. The van der Waals surface area contributed by atoms with Gasteiger partial charge in [-0.3, -0.25) is 4.79 Å². The molecule has 1 rings (SSSR count). The third-order valence-electron chi connectivity index (χ3n) is 1.55. The number of ketones is 1. The van der Waals surface area contributed by atoms with Gasteiger partial charge < -0.3 is 5.73 Å². The molecule has 0 unspecified atom stereocenters. The largest absolute Gasteiger partial charge is 0.326 e. The number of carbonyl (C=O) groups is 1. The van der Waals surface area contributed by atoms with E-state index in [1.165, 1.54) is 11.3 Å². The molecular formula is C8H11NOS. The average Bonchev–Trinajstić information content (AvgIpc) is 2.31. The van der Waals surface area contributed by atoms with Crippen LogP contribution < -0.4 is 5.73 Å². The fourth-order valence-corrected chi connectivity index (χ4v) is 1.84. The van der Waals surface area contributed by atoms with Crippen molar-refractivity contribution in [1.29, 1.82) is 0 Å². The van der Waals surface area contributed by atoms with Crippen LogP contribution in [0.1, 0.15) is 27.0 Å². The van der Waals surface area contributed by atoms with Crippen LogP contribution in [0.2, 0.25) is 0 Å². The molecule has 0 saturated heterocycles. The zero-order valence-corrected chi connectivity index (χ0v) is 7.49. The molecule has 1 aromatic rings. The molecule has 2 N–H and O–H groups in total. The lowest BCUT2D eigenvalue weighted by Crippen LogP contribution is -1.93. The van der Waals surface area contributed by atoms with Crippen molar-refractivity contribution in [2.75, 3.05) is 0 Å². The molecule has 0 amide bonds. The Labute approximate surface area is 70.0 Å². The maximum absolute atomic E-state index is 10.9. The van der Waals surface area contributed by atoms with E-state index >= 15 is 0 Å². The summed E-state index contributed by atoms with van der Waals surface area (Å²) in [6.07, 6.45) is 0. The van der Waals surface area contributed by atoms with E-state index in [0.29, 0.717) is 6.54 Å². The summed E-state index contributed by atoms with van der Waals surface area (Å²) < 4.78 is 0. The maximum atomic E-state index is 10.9. The van der Waals surface area contributed by atoms with Gasteiger partial charge >= 0.3 is 0 Å². The van der Waals surface area contributed by atoms with Crippen LogP contribution in [0.5, 0.6) is 0 Å². The highest BCUT2D eigenvalue weighted by molar-refractivity contribution is 7.14. The predicted octanol–water partition coefficient (Wildman–Crippen LogP) is 1.72. The summed E-state index contributed by atoms with van der Waals surface area (Å²) >= 11 is 1.49. The molecule has 1 heterocycles. The predicted molar refractivity (Wildman–Crippen MR) is 47.0 cm³/mol. The zero-order valence-electron chi connectivity index (χ0n) is 6.68. The smallest absolute Gasteiger partial charge is 0.169 e. The number of Topliss-reactive ketones (excluding diaryl/α,β-unsaturated/α-hetero) is 1. The Morgan fingerprint density at radius 2 is 2.36 bits per heavy atom. The van der Waals surface area contributed by atoms with E-state index in [1.807, 2.05) is 13.0 Å². The molecule has 0 fully saturated rings. The van der Waals surface area contributed by atoms with Crippen molar-refractivity contribution in [2.45, 2.75) is 20.4 Å². The number of rotatable bonds is 2. The third kappa shape index (κ3) is 1.67. The molecule has 1 aromatic heterocycles. The van der Waals surface area contributed by atoms with Gasteiger partial charge in [-0.1, -0.05) is 0 Å². The Morgan fingerprint density at radius 1 is 1.73 bits per heavy atom. The van der Waals surface area contributed by atoms with Crippen molar-refractivity contribution in [3.05, 3.63) is 21.4 Å². The van der Waals surface area contributed by atoms with Gasteiger partial charge in [0.05, 0.1) is 4.88 Å². The van der Waals surface area contributed by atoms with Gasteiger partial charge in [-0.2, -0.15) is 0 Å². The van der Waals surface area contributed by atoms with Crippen molar-refractivity contribution in [1.82, 2.24) is 0 Å². The lowest BCUT2D eigenvalue weighted by Gasteiger charge is -1.88. The second kappa shape index (κ2) is 3.15. The van der Waals surface area contributed by atoms with Crippen LogP contribution in [-0.4, -0.2) is 5.78 Å². The lowest BCUT2D eigenvalue weighted by atomic mass is 10.2. The van der Waals surface area contributed by atoms with E-state index in [4.69, 9.17) is 5.73 Å². The van der Waals surface area contributed by atoms with E-state index in [0.717, 1.165) is 15.3 Å². The molecule has 0 aromatic carbocycles. The fraction of sp³-hybridized carbons (Fsp3) is 0.375. The summed E-state index contributed by atoms with van der Waals surface area (Å²) in [5, 5.41) is 0. The molecule has 3 heteroatoms. The van der Waals surface area contributed by atoms with Gasteiger partial charge in [0.2, 0.25) is 0 Å². The van der Waals surface area contributed by atoms with Crippen molar-refractivity contribution in [3.63, 3.8) is 0 Å². The molecule has 0 saturated carbocycles. The van der Waals surface area contributed by atoms with Gasteiger partial charge in [0, 0.05) is 11.4 Å². The van der Waals surface area contributed by atoms with Crippen LogP contribution in [0.25, 0.3) is 0 Å².